The number of nitrogens with one attached hydrogen (secondary N) is 3. The highest BCUT2D eigenvalue weighted by Crippen LogP contribution is 2.17. The van der Waals surface area contributed by atoms with E-state index in [0.717, 1.165) is 25.0 Å². The molecule has 2 aromatic carbocycles. The molecule has 0 spiro atoms. The van der Waals surface area contributed by atoms with Crippen molar-refractivity contribution < 1.29 is 36.2 Å². The number of carbonyl (C=O) groups is 3. The summed E-state index contributed by atoms with van der Waals surface area (Å²) in [6, 6.07) is 12.0. The van der Waals surface area contributed by atoms with E-state index in [1.807, 2.05) is 13.0 Å². The molecule has 260 valence electrons. The van der Waals surface area contributed by atoms with Crippen LogP contribution in [-0.4, -0.2) is 74.8 Å². The predicted octanol–water partition coefficient (Wildman–Crippen LogP) is 3.71. The average Bonchev–Trinajstić information content (AvgIpc) is 3.09. The molecule has 0 aliphatic carbocycles. The molecule has 3 amide bonds. The van der Waals surface area contributed by atoms with Crippen molar-refractivity contribution in [1.82, 2.24) is 20.9 Å². The third kappa shape index (κ3) is 12.8. The maximum Gasteiger partial charge on any atom is 0.253 e. The molecule has 0 bridgehead atoms. The fraction of sp³-hybridized carbons (Fsp3) is 0.364. The number of nitriles is 1. The standard InChI is InChI=1S/C33H37F2N5O5S.O2.2H2/c1-2-3-14-46-20-28(40-32(44)23-10-7-13-37-19-23)33(45)39-27(17-21-15-24(34)18-25(35)16-21)30(42)29(41)26(11-12-36)38-31(43)22-8-5-4-6-9-22;1-2;;/h4-10,13,15-16,18-19,26-30,41-42H,2-3,11,14,17,20H2,1H3,(H,38,43)(H,39,45)(H,40,44);;2*1H/t26-,27+,28-,29-,30-;;;/m1.../s1. The summed E-state index contributed by atoms with van der Waals surface area (Å²) in [4.78, 5) is 57.4. The second kappa shape index (κ2) is 21.2. The van der Waals surface area contributed by atoms with Crippen molar-refractivity contribution in [3.63, 3.8) is 0 Å². The van der Waals surface area contributed by atoms with Crippen LogP contribution in [0, 0.1) is 32.9 Å². The normalized spacial score (nSPS) is 13.7. The molecule has 0 saturated heterocycles. The minimum Gasteiger partial charge on any atom is -0.388 e. The number of carbonyl (C=O) groups excluding carboxylic acids is 3. The molecule has 5 atom stereocenters. The fourth-order valence-corrected chi connectivity index (χ4v) is 5.70. The number of aromatic nitrogens is 1. The molecule has 0 radical (unpaired) electrons. The van der Waals surface area contributed by atoms with Crippen molar-refractivity contribution in [2.45, 2.75) is 62.9 Å². The first-order chi connectivity index (χ1) is 23.1. The molecule has 3 rings (SSSR count). The van der Waals surface area contributed by atoms with Gasteiger partial charge in [0, 0.05) is 42.6 Å². The number of aliphatic hydroxyl groups excluding tert-OH is 2. The number of thioether (sulfide) groups is 1. The van der Waals surface area contributed by atoms with Gasteiger partial charge in [0.25, 0.3) is 11.8 Å². The lowest BCUT2D eigenvalue weighted by molar-refractivity contribution is -0.125. The smallest absolute Gasteiger partial charge is 0.253 e. The largest absolute Gasteiger partial charge is 0.388 e. The summed E-state index contributed by atoms with van der Waals surface area (Å²) in [5.41, 5.74) is 0.530. The molecule has 0 aliphatic heterocycles. The predicted molar refractivity (Wildman–Crippen MR) is 181 cm³/mol. The zero-order chi connectivity index (χ0) is 35.5. The first-order valence-corrected chi connectivity index (χ1v) is 16.1. The van der Waals surface area contributed by atoms with Gasteiger partial charge in [-0.2, -0.15) is 17.0 Å². The Kier molecular flexibility index (Phi) is 17.4. The summed E-state index contributed by atoms with van der Waals surface area (Å²) >= 11 is 1.43. The third-order valence-corrected chi connectivity index (χ3v) is 8.16. The van der Waals surface area contributed by atoms with Crippen LogP contribution in [0.15, 0.2) is 73.1 Å². The lowest BCUT2D eigenvalue weighted by Crippen LogP contribution is -2.59. The summed E-state index contributed by atoms with van der Waals surface area (Å²) in [7, 11) is 0. The van der Waals surface area contributed by atoms with Gasteiger partial charge in [-0.3, -0.25) is 19.4 Å². The number of nitrogens with zero attached hydrogens (tertiary/aromatic N) is 2. The molecule has 1 heterocycles. The number of hydrogen-bond donors (Lipinski definition) is 5. The number of rotatable bonds is 17. The summed E-state index contributed by atoms with van der Waals surface area (Å²) in [6.45, 7) is 2.02. The van der Waals surface area contributed by atoms with Gasteiger partial charge in [0.05, 0.1) is 30.1 Å². The van der Waals surface area contributed by atoms with Crippen LogP contribution in [0.4, 0.5) is 8.78 Å². The van der Waals surface area contributed by atoms with E-state index in [1.54, 1.807) is 24.3 Å². The van der Waals surface area contributed by atoms with E-state index in [4.69, 9.17) is 9.93 Å². The highest BCUT2D eigenvalue weighted by Gasteiger charge is 2.36. The van der Waals surface area contributed by atoms with Gasteiger partial charge < -0.3 is 26.2 Å². The van der Waals surface area contributed by atoms with Crippen molar-refractivity contribution in [1.29, 1.82) is 5.26 Å². The van der Waals surface area contributed by atoms with Gasteiger partial charge in [-0.1, -0.05) is 31.5 Å². The van der Waals surface area contributed by atoms with Gasteiger partial charge in [0.2, 0.25) is 5.91 Å². The molecular weight excluding hydrogens is 648 g/mol. The van der Waals surface area contributed by atoms with Gasteiger partial charge in [0.1, 0.15) is 29.9 Å². The average molecular weight is 690 g/mol. The van der Waals surface area contributed by atoms with E-state index in [0.29, 0.717) is 11.8 Å². The molecular formula is C33H41F2N5O7S. The minimum absolute atomic E-state index is 0. The van der Waals surface area contributed by atoms with Crippen LogP contribution in [0.2, 0.25) is 0 Å². The minimum atomic E-state index is -1.83. The highest BCUT2D eigenvalue weighted by molar-refractivity contribution is 7.99. The molecule has 0 saturated carbocycles. The van der Waals surface area contributed by atoms with Crippen LogP contribution in [0.3, 0.4) is 0 Å². The van der Waals surface area contributed by atoms with Crippen LogP contribution in [0.1, 0.15) is 55.3 Å². The number of aliphatic hydroxyl groups is 2. The molecule has 12 nitrogen and oxygen atoms in total. The van der Waals surface area contributed by atoms with Crippen LogP contribution in [0.25, 0.3) is 0 Å². The van der Waals surface area contributed by atoms with Crippen molar-refractivity contribution in [2.24, 2.45) is 0 Å². The molecule has 48 heavy (non-hydrogen) atoms. The van der Waals surface area contributed by atoms with Crippen molar-refractivity contribution in [3.05, 3.63) is 111 Å². The van der Waals surface area contributed by atoms with Crippen LogP contribution < -0.4 is 16.0 Å². The zero-order valence-corrected chi connectivity index (χ0v) is 26.9. The van der Waals surface area contributed by atoms with E-state index >= 15 is 0 Å². The van der Waals surface area contributed by atoms with E-state index in [1.165, 1.54) is 42.4 Å². The quantitative estimate of drug-likeness (QED) is 0.130. The van der Waals surface area contributed by atoms with E-state index in [2.05, 4.69) is 20.9 Å². The Hall–Kier alpha value is -4.78. The summed E-state index contributed by atoms with van der Waals surface area (Å²) in [5.74, 6) is -2.79. The molecule has 15 heteroatoms. The topological polar surface area (TPSA) is 199 Å². The Bertz CT molecular complexity index is 1490. The Morgan fingerprint density at radius 3 is 2.15 bits per heavy atom. The summed E-state index contributed by atoms with van der Waals surface area (Å²) in [5, 5.41) is 39.9. The second-order valence-electron chi connectivity index (χ2n) is 10.6. The summed E-state index contributed by atoms with van der Waals surface area (Å²) in [6.07, 6.45) is 0.285. The fourth-order valence-electron chi connectivity index (χ4n) is 4.57. The molecule has 1 aromatic heterocycles. The first-order valence-electron chi connectivity index (χ1n) is 14.9. The van der Waals surface area contributed by atoms with Crippen molar-refractivity contribution in [3.8, 4) is 6.07 Å². The lowest BCUT2D eigenvalue weighted by Gasteiger charge is -2.33. The van der Waals surface area contributed by atoms with Gasteiger partial charge in [-0.15, -0.1) is 0 Å². The zero-order valence-electron chi connectivity index (χ0n) is 26.1. The highest BCUT2D eigenvalue weighted by atomic mass is 32.2. The second-order valence-corrected chi connectivity index (χ2v) is 11.7. The Labute approximate surface area is 283 Å². The number of halogens is 2. The molecule has 3 aromatic rings. The van der Waals surface area contributed by atoms with E-state index < -0.39 is 66.1 Å². The summed E-state index contributed by atoms with van der Waals surface area (Å²) < 4.78 is 28.2. The molecule has 5 N–H and O–H groups in total. The Balaban J connectivity index is 0.00000589. The Morgan fingerprint density at radius 1 is 0.917 bits per heavy atom. The lowest BCUT2D eigenvalue weighted by atomic mass is 9.92. The maximum atomic E-state index is 14.1. The Morgan fingerprint density at radius 2 is 1.54 bits per heavy atom. The number of benzene rings is 2. The van der Waals surface area contributed by atoms with Gasteiger partial charge in [-0.05, 0) is 60.6 Å². The van der Waals surface area contributed by atoms with Gasteiger partial charge in [-0.25, -0.2) is 8.78 Å². The SMILES string of the molecule is CCCCSC[C@@H](NC(=O)c1cccnc1)C(=O)N[C@@H](Cc1cc(F)cc(F)c1)[C@@H](O)[C@H](O)[C@@H](CC#N)NC(=O)c1ccccc1.O=O.[HH].[HH]. The number of amides is 3. The molecule has 0 fully saturated rings. The van der Waals surface area contributed by atoms with Crippen molar-refractivity contribution in [2.75, 3.05) is 11.5 Å². The van der Waals surface area contributed by atoms with Gasteiger partial charge in [0.15, 0.2) is 0 Å². The van der Waals surface area contributed by atoms with Crippen LogP contribution >= 0.6 is 11.8 Å². The maximum absolute atomic E-state index is 14.1. The van der Waals surface area contributed by atoms with Crippen molar-refractivity contribution >= 4 is 29.5 Å². The number of hydrogen-bond acceptors (Lipinski definition) is 10. The monoisotopic (exact) mass is 689 g/mol. The van der Waals surface area contributed by atoms with E-state index in [9.17, 15) is 38.6 Å². The number of pyridine rings is 1. The van der Waals surface area contributed by atoms with Crippen LogP contribution in [-0.2, 0) is 11.2 Å². The van der Waals surface area contributed by atoms with E-state index in [-0.39, 0.29) is 31.7 Å². The first kappa shape index (κ1) is 39.4. The van der Waals surface area contributed by atoms with Gasteiger partial charge >= 0.3 is 0 Å². The number of unbranched alkanes of at least 4 members (excludes halogenated alkanes) is 1. The van der Waals surface area contributed by atoms with Crippen LogP contribution in [0.5, 0.6) is 0 Å². The molecule has 0 unspecified atom stereocenters. The third-order valence-electron chi connectivity index (χ3n) is 7.02. The molecule has 0 aliphatic rings.